The Kier molecular flexibility index (Phi) is 8.05. The van der Waals surface area contributed by atoms with Gasteiger partial charge in [-0.3, -0.25) is 9.59 Å². The molecule has 0 aromatic heterocycles. The Balaban J connectivity index is 1.27. The topological polar surface area (TPSA) is 110 Å². The molecule has 3 N–H and O–H groups in total. The van der Waals surface area contributed by atoms with Crippen LogP contribution in [0.3, 0.4) is 0 Å². The van der Waals surface area contributed by atoms with Crippen molar-refractivity contribution < 1.29 is 28.5 Å². The second-order valence-electron chi connectivity index (χ2n) is 9.56. The summed E-state index contributed by atoms with van der Waals surface area (Å²) < 4.78 is 21.3. The van der Waals surface area contributed by atoms with E-state index in [1.807, 2.05) is 49.5 Å². The molecule has 0 aliphatic carbocycles. The van der Waals surface area contributed by atoms with Gasteiger partial charge in [0.1, 0.15) is 11.9 Å². The van der Waals surface area contributed by atoms with E-state index in [4.69, 9.17) is 18.9 Å². The highest BCUT2D eigenvalue weighted by Gasteiger charge is 2.27. The number of nitrogens with zero attached hydrogens (tertiary/aromatic N) is 1. The van der Waals surface area contributed by atoms with Gasteiger partial charge in [-0.15, -0.1) is 0 Å². The molecule has 10 nitrogen and oxygen atoms in total. The predicted octanol–water partition coefficient (Wildman–Crippen LogP) is 5.79. The van der Waals surface area contributed by atoms with E-state index in [-0.39, 0.29) is 18.0 Å². The molecular weight excluding hydrogens is 536 g/mol. The number of ether oxygens (including phenoxy) is 4. The summed E-state index contributed by atoms with van der Waals surface area (Å²) >= 11 is 0. The number of anilines is 4. The van der Waals surface area contributed by atoms with Gasteiger partial charge in [-0.1, -0.05) is 12.1 Å². The Morgan fingerprint density at radius 3 is 1.88 bits per heavy atom. The largest absolute Gasteiger partial charge is 0.497 e. The lowest BCUT2D eigenvalue weighted by Crippen LogP contribution is -2.23. The number of nitrogens with one attached hydrogen (secondary N) is 3. The molecule has 0 radical (unpaired) electrons. The van der Waals surface area contributed by atoms with E-state index < -0.39 is 0 Å². The number of rotatable bonds is 9. The predicted molar refractivity (Wildman–Crippen MR) is 163 cm³/mol. The van der Waals surface area contributed by atoms with Crippen LogP contribution in [0.2, 0.25) is 0 Å². The maximum Gasteiger partial charge on any atom is 0.255 e. The van der Waals surface area contributed by atoms with Crippen molar-refractivity contribution in [2.24, 2.45) is 0 Å². The number of hydrogen-bond acceptors (Lipinski definition) is 8. The standard InChI is InChI=1S/C32H32N4O6/c1-36-26-18-23(34-32(38)21-16-27(40-3)29(42-5)28(17-21)41-4)12-15-25(26)35-30(36)19-6-10-22(11-7-19)33-31(37)20-8-13-24(39-2)14-9-20/h6-18,30,35H,1-5H3,(H,33,37)(H,34,38). The molecule has 1 unspecified atom stereocenters. The normalized spacial score (nSPS) is 13.5. The highest BCUT2D eigenvalue weighted by molar-refractivity contribution is 6.06. The van der Waals surface area contributed by atoms with E-state index in [2.05, 4.69) is 20.9 Å². The molecule has 1 aliphatic rings. The van der Waals surface area contributed by atoms with E-state index >= 15 is 0 Å². The summed E-state index contributed by atoms with van der Waals surface area (Å²) in [6, 6.07) is 23.5. The second kappa shape index (κ2) is 12.0. The van der Waals surface area contributed by atoms with E-state index in [0.29, 0.717) is 45.5 Å². The molecule has 1 heterocycles. The third kappa shape index (κ3) is 5.60. The molecule has 0 fully saturated rings. The molecule has 5 rings (SSSR count). The smallest absolute Gasteiger partial charge is 0.255 e. The van der Waals surface area contributed by atoms with Crippen molar-refractivity contribution in [1.29, 1.82) is 0 Å². The van der Waals surface area contributed by atoms with Crippen molar-refractivity contribution >= 4 is 34.6 Å². The van der Waals surface area contributed by atoms with Gasteiger partial charge in [0.2, 0.25) is 5.75 Å². The first-order valence-electron chi connectivity index (χ1n) is 13.1. The fraction of sp³-hybridized carbons (Fsp3) is 0.188. The van der Waals surface area contributed by atoms with Crippen LogP contribution in [-0.2, 0) is 0 Å². The summed E-state index contributed by atoms with van der Waals surface area (Å²) in [6.07, 6.45) is -0.132. The molecule has 0 spiro atoms. The second-order valence-corrected chi connectivity index (χ2v) is 9.56. The summed E-state index contributed by atoms with van der Waals surface area (Å²) in [5.41, 5.74) is 5.12. The van der Waals surface area contributed by atoms with E-state index in [9.17, 15) is 9.59 Å². The fourth-order valence-electron chi connectivity index (χ4n) is 4.82. The number of fused-ring (bicyclic) bond motifs is 1. The Morgan fingerprint density at radius 2 is 1.29 bits per heavy atom. The van der Waals surface area contributed by atoms with Crippen molar-refractivity contribution in [2.45, 2.75) is 6.17 Å². The SMILES string of the molecule is COc1ccc(C(=O)Nc2ccc(C3Nc4ccc(NC(=O)c5cc(OC)c(OC)c(OC)c5)cc4N3C)cc2)cc1. The first-order chi connectivity index (χ1) is 20.3. The Hall–Kier alpha value is -5.38. The Morgan fingerprint density at radius 1 is 0.690 bits per heavy atom. The summed E-state index contributed by atoms with van der Waals surface area (Å²) in [7, 11) is 8.09. The van der Waals surface area contributed by atoms with E-state index in [1.54, 1.807) is 43.5 Å². The monoisotopic (exact) mass is 568 g/mol. The third-order valence-electron chi connectivity index (χ3n) is 7.08. The molecule has 0 bridgehead atoms. The summed E-state index contributed by atoms with van der Waals surface area (Å²) in [5, 5.41) is 9.40. The van der Waals surface area contributed by atoms with E-state index in [1.165, 1.54) is 21.3 Å². The molecule has 216 valence electrons. The molecule has 0 saturated heterocycles. The summed E-state index contributed by atoms with van der Waals surface area (Å²) in [4.78, 5) is 27.8. The molecule has 1 aliphatic heterocycles. The highest BCUT2D eigenvalue weighted by atomic mass is 16.5. The van der Waals surface area contributed by atoms with Crippen LogP contribution in [0.15, 0.2) is 78.9 Å². The van der Waals surface area contributed by atoms with Gasteiger partial charge >= 0.3 is 0 Å². The van der Waals surface area contributed by atoms with Crippen LogP contribution in [-0.4, -0.2) is 47.3 Å². The van der Waals surface area contributed by atoms with Gasteiger partial charge in [0, 0.05) is 29.5 Å². The Bertz CT molecular complexity index is 1580. The first-order valence-corrected chi connectivity index (χ1v) is 13.1. The molecule has 0 saturated carbocycles. The zero-order chi connectivity index (χ0) is 29.8. The van der Waals surface area contributed by atoms with Crippen LogP contribution in [0, 0.1) is 0 Å². The van der Waals surface area contributed by atoms with Crippen LogP contribution < -0.4 is 39.8 Å². The van der Waals surface area contributed by atoms with Gasteiger partial charge in [0.25, 0.3) is 11.8 Å². The van der Waals surface area contributed by atoms with Crippen molar-refractivity contribution in [1.82, 2.24) is 0 Å². The third-order valence-corrected chi connectivity index (χ3v) is 7.08. The lowest BCUT2D eigenvalue weighted by molar-refractivity contribution is 0.101. The van der Waals surface area contributed by atoms with Gasteiger partial charge < -0.3 is 39.8 Å². The van der Waals surface area contributed by atoms with Gasteiger partial charge in [-0.2, -0.15) is 0 Å². The number of methoxy groups -OCH3 is 4. The lowest BCUT2D eigenvalue weighted by Gasteiger charge is -2.23. The van der Waals surface area contributed by atoms with Gasteiger partial charge in [0.05, 0.1) is 39.8 Å². The fourth-order valence-corrected chi connectivity index (χ4v) is 4.82. The molecule has 4 aromatic carbocycles. The molecule has 10 heteroatoms. The van der Waals surface area contributed by atoms with Crippen LogP contribution in [0.1, 0.15) is 32.4 Å². The van der Waals surface area contributed by atoms with Crippen molar-refractivity contribution in [3.63, 3.8) is 0 Å². The maximum absolute atomic E-state index is 13.1. The minimum absolute atomic E-state index is 0.132. The number of carbonyl (C=O) groups is 2. The number of amides is 2. The van der Waals surface area contributed by atoms with Crippen LogP contribution in [0.5, 0.6) is 23.0 Å². The number of hydrogen-bond donors (Lipinski definition) is 3. The molecular formula is C32H32N4O6. The average Bonchev–Trinajstić information content (AvgIpc) is 3.35. The van der Waals surface area contributed by atoms with Gasteiger partial charge in [-0.05, 0) is 72.3 Å². The maximum atomic E-state index is 13.1. The lowest BCUT2D eigenvalue weighted by atomic mass is 10.1. The van der Waals surface area contributed by atoms with Crippen LogP contribution in [0.4, 0.5) is 22.7 Å². The first kappa shape index (κ1) is 28.2. The number of carbonyl (C=O) groups excluding carboxylic acids is 2. The quantitative estimate of drug-likeness (QED) is 0.233. The molecule has 42 heavy (non-hydrogen) atoms. The average molecular weight is 569 g/mol. The minimum Gasteiger partial charge on any atom is -0.497 e. The van der Waals surface area contributed by atoms with E-state index in [0.717, 1.165) is 16.9 Å². The van der Waals surface area contributed by atoms with Crippen LogP contribution in [0.25, 0.3) is 0 Å². The molecule has 4 aromatic rings. The summed E-state index contributed by atoms with van der Waals surface area (Å²) in [5.74, 6) is 1.39. The Labute approximate surface area is 244 Å². The zero-order valence-electron chi connectivity index (χ0n) is 24.0. The minimum atomic E-state index is -0.313. The molecule has 1 atom stereocenters. The summed E-state index contributed by atoms with van der Waals surface area (Å²) in [6.45, 7) is 0. The number of benzene rings is 4. The van der Waals surface area contributed by atoms with Crippen molar-refractivity contribution in [3.05, 3.63) is 95.6 Å². The zero-order valence-corrected chi connectivity index (χ0v) is 24.0. The van der Waals surface area contributed by atoms with Crippen molar-refractivity contribution in [2.75, 3.05) is 56.3 Å². The highest BCUT2D eigenvalue weighted by Crippen LogP contribution is 2.42. The van der Waals surface area contributed by atoms with Crippen molar-refractivity contribution in [3.8, 4) is 23.0 Å². The van der Waals surface area contributed by atoms with Crippen LogP contribution >= 0.6 is 0 Å². The van der Waals surface area contributed by atoms with Gasteiger partial charge in [0.15, 0.2) is 11.5 Å². The molecule has 2 amide bonds. The van der Waals surface area contributed by atoms with Gasteiger partial charge in [-0.25, -0.2) is 0 Å².